The lowest BCUT2D eigenvalue weighted by Gasteiger charge is -2.30. The molecular formula is C19H35N7O. The zero-order chi connectivity index (χ0) is 19.1. The molecule has 0 aromatic carbocycles. The molecule has 8 nitrogen and oxygen atoms in total. The zero-order valence-corrected chi connectivity index (χ0v) is 17.1. The van der Waals surface area contributed by atoms with Crippen LogP contribution in [-0.4, -0.2) is 72.0 Å². The number of nitrogens with zero attached hydrogens (tertiary/aromatic N) is 5. The molecule has 0 bridgehead atoms. The summed E-state index contributed by atoms with van der Waals surface area (Å²) in [6.45, 7) is 8.27. The van der Waals surface area contributed by atoms with Gasteiger partial charge in [0.1, 0.15) is 12.4 Å². The highest BCUT2D eigenvalue weighted by molar-refractivity contribution is 5.79. The average Bonchev–Trinajstić information content (AvgIpc) is 3.07. The number of hydrogen-bond donors (Lipinski definition) is 2. The fourth-order valence-corrected chi connectivity index (χ4v) is 3.85. The van der Waals surface area contributed by atoms with Gasteiger partial charge in [-0.2, -0.15) is 5.10 Å². The molecule has 152 valence electrons. The highest BCUT2D eigenvalue weighted by Crippen LogP contribution is 2.16. The van der Waals surface area contributed by atoms with Crippen LogP contribution >= 0.6 is 0 Å². The largest absolute Gasteiger partial charge is 0.377 e. The molecule has 1 aromatic rings. The van der Waals surface area contributed by atoms with Gasteiger partial charge >= 0.3 is 0 Å². The van der Waals surface area contributed by atoms with Gasteiger partial charge in [-0.05, 0) is 51.2 Å². The number of fused-ring (bicyclic) bond motifs is 1. The Hall–Kier alpha value is -1.67. The normalized spacial score (nSPS) is 21.9. The summed E-state index contributed by atoms with van der Waals surface area (Å²) in [5, 5.41) is 11.5. The Kier molecular flexibility index (Phi) is 7.46. The van der Waals surface area contributed by atoms with Crippen molar-refractivity contribution < 1.29 is 4.74 Å². The predicted octanol–water partition coefficient (Wildman–Crippen LogP) is 1.03. The number of piperidine rings is 1. The summed E-state index contributed by atoms with van der Waals surface area (Å²) in [7, 11) is 3.51. The predicted molar refractivity (Wildman–Crippen MR) is 107 cm³/mol. The summed E-state index contributed by atoms with van der Waals surface area (Å²) in [5.41, 5.74) is 0. The van der Waals surface area contributed by atoms with E-state index in [2.05, 4.69) is 37.5 Å². The maximum Gasteiger partial charge on any atom is 0.191 e. The number of nitrogens with one attached hydrogen (secondary N) is 2. The lowest BCUT2D eigenvalue weighted by molar-refractivity contribution is 0.177. The van der Waals surface area contributed by atoms with Crippen molar-refractivity contribution in [2.75, 3.05) is 40.3 Å². The second-order valence-corrected chi connectivity index (χ2v) is 7.82. The molecule has 1 saturated heterocycles. The van der Waals surface area contributed by atoms with Crippen molar-refractivity contribution in [3.8, 4) is 0 Å². The minimum atomic E-state index is 0.323. The van der Waals surface area contributed by atoms with Gasteiger partial charge in [-0.3, -0.25) is 4.99 Å². The number of guanidine groups is 1. The van der Waals surface area contributed by atoms with E-state index in [1.807, 2.05) is 11.7 Å². The first-order valence-electron chi connectivity index (χ1n) is 10.3. The second-order valence-electron chi connectivity index (χ2n) is 7.82. The van der Waals surface area contributed by atoms with E-state index in [1.54, 1.807) is 7.11 Å². The Bertz CT molecular complexity index is 607. The molecule has 0 aliphatic carbocycles. The van der Waals surface area contributed by atoms with Crippen LogP contribution in [-0.2, 0) is 24.3 Å². The Morgan fingerprint density at radius 3 is 2.85 bits per heavy atom. The summed E-state index contributed by atoms with van der Waals surface area (Å²) >= 11 is 0. The Morgan fingerprint density at radius 1 is 1.30 bits per heavy atom. The van der Waals surface area contributed by atoms with E-state index in [4.69, 9.17) is 4.74 Å². The SMILES string of the molecule is CN=C(NCCCN1CCC(C)CC1)NC1CCc2nc(COC)nn2C1. The van der Waals surface area contributed by atoms with Gasteiger partial charge in [0, 0.05) is 33.2 Å². The van der Waals surface area contributed by atoms with Crippen molar-refractivity contribution >= 4 is 5.96 Å². The lowest BCUT2D eigenvalue weighted by atomic mass is 9.99. The Balaban J connectivity index is 1.37. The third kappa shape index (κ3) is 5.90. The number of ether oxygens (including phenoxy) is 1. The molecule has 0 spiro atoms. The second kappa shape index (κ2) is 10.0. The Morgan fingerprint density at radius 2 is 2.11 bits per heavy atom. The van der Waals surface area contributed by atoms with Crippen molar-refractivity contribution in [2.24, 2.45) is 10.9 Å². The molecule has 1 unspecified atom stereocenters. The zero-order valence-electron chi connectivity index (χ0n) is 17.1. The number of methoxy groups -OCH3 is 1. The summed E-state index contributed by atoms with van der Waals surface area (Å²) in [5.74, 6) is 3.60. The van der Waals surface area contributed by atoms with Crippen LogP contribution in [0.1, 0.15) is 44.3 Å². The summed E-state index contributed by atoms with van der Waals surface area (Å²) < 4.78 is 7.13. The van der Waals surface area contributed by atoms with E-state index in [9.17, 15) is 0 Å². The summed E-state index contributed by atoms with van der Waals surface area (Å²) in [6.07, 6.45) is 5.80. The number of aromatic nitrogens is 3. The van der Waals surface area contributed by atoms with Crippen LogP contribution in [0.4, 0.5) is 0 Å². The van der Waals surface area contributed by atoms with E-state index in [0.29, 0.717) is 12.6 Å². The minimum absolute atomic E-state index is 0.323. The number of likely N-dealkylation sites (tertiary alicyclic amines) is 1. The van der Waals surface area contributed by atoms with Crippen LogP contribution in [0.25, 0.3) is 0 Å². The molecule has 0 amide bonds. The van der Waals surface area contributed by atoms with Crippen molar-refractivity contribution in [1.82, 2.24) is 30.3 Å². The van der Waals surface area contributed by atoms with Gasteiger partial charge in [-0.1, -0.05) is 6.92 Å². The van der Waals surface area contributed by atoms with E-state index in [-0.39, 0.29) is 0 Å². The highest BCUT2D eigenvalue weighted by atomic mass is 16.5. The van der Waals surface area contributed by atoms with Crippen LogP contribution in [0, 0.1) is 5.92 Å². The van der Waals surface area contributed by atoms with E-state index >= 15 is 0 Å². The molecule has 1 fully saturated rings. The fraction of sp³-hybridized carbons (Fsp3) is 0.842. The third-order valence-corrected chi connectivity index (χ3v) is 5.56. The average molecular weight is 378 g/mol. The van der Waals surface area contributed by atoms with E-state index < -0.39 is 0 Å². The number of aryl methyl sites for hydroxylation is 1. The Labute approximate surface area is 162 Å². The molecule has 2 aliphatic heterocycles. The first kappa shape index (κ1) is 20.1. The summed E-state index contributed by atoms with van der Waals surface area (Å²) in [6, 6.07) is 0.323. The molecule has 2 aliphatic rings. The topological polar surface area (TPSA) is 79.6 Å². The molecule has 2 N–H and O–H groups in total. The van der Waals surface area contributed by atoms with E-state index in [0.717, 1.165) is 55.9 Å². The first-order valence-corrected chi connectivity index (χ1v) is 10.3. The molecule has 27 heavy (non-hydrogen) atoms. The molecular weight excluding hydrogens is 342 g/mol. The van der Waals surface area contributed by atoms with Crippen molar-refractivity contribution in [2.45, 2.75) is 58.2 Å². The fourth-order valence-electron chi connectivity index (χ4n) is 3.85. The monoisotopic (exact) mass is 377 g/mol. The van der Waals surface area contributed by atoms with Gasteiger partial charge < -0.3 is 20.3 Å². The van der Waals surface area contributed by atoms with Crippen molar-refractivity contribution in [3.63, 3.8) is 0 Å². The minimum Gasteiger partial charge on any atom is -0.377 e. The lowest BCUT2D eigenvalue weighted by Crippen LogP contribution is -2.47. The van der Waals surface area contributed by atoms with Crippen LogP contribution in [0.3, 0.4) is 0 Å². The molecule has 1 atom stereocenters. The third-order valence-electron chi connectivity index (χ3n) is 5.56. The molecule has 0 saturated carbocycles. The number of rotatable bonds is 7. The van der Waals surface area contributed by atoms with Crippen LogP contribution in [0.5, 0.6) is 0 Å². The van der Waals surface area contributed by atoms with Gasteiger partial charge in [0.15, 0.2) is 11.8 Å². The maximum absolute atomic E-state index is 5.13. The van der Waals surface area contributed by atoms with Gasteiger partial charge in [-0.25, -0.2) is 9.67 Å². The van der Waals surface area contributed by atoms with Gasteiger partial charge in [-0.15, -0.1) is 0 Å². The van der Waals surface area contributed by atoms with Gasteiger partial charge in [0.25, 0.3) is 0 Å². The number of aliphatic imine (C=N–C) groups is 1. The molecule has 1 aromatic heterocycles. The van der Waals surface area contributed by atoms with Crippen molar-refractivity contribution in [3.05, 3.63) is 11.6 Å². The molecule has 3 rings (SSSR count). The van der Waals surface area contributed by atoms with Gasteiger partial charge in [0.05, 0.1) is 6.54 Å². The van der Waals surface area contributed by atoms with Crippen LogP contribution in [0.2, 0.25) is 0 Å². The van der Waals surface area contributed by atoms with Crippen LogP contribution in [0.15, 0.2) is 4.99 Å². The highest BCUT2D eigenvalue weighted by Gasteiger charge is 2.22. The molecule has 3 heterocycles. The maximum atomic E-state index is 5.13. The van der Waals surface area contributed by atoms with Crippen LogP contribution < -0.4 is 10.6 Å². The quantitative estimate of drug-likeness (QED) is 0.420. The first-order chi connectivity index (χ1) is 13.2. The van der Waals surface area contributed by atoms with E-state index in [1.165, 1.54) is 32.5 Å². The molecule has 8 heteroatoms. The van der Waals surface area contributed by atoms with Gasteiger partial charge in [0.2, 0.25) is 0 Å². The number of hydrogen-bond acceptors (Lipinski definition) is 5. The smallest absolute Gasteiger partial charge is 0.191 e. The summed E-state index contributed by atoms with van der Waals surface area (Å²) in [4.78, 5) is 11.5. The standard InChI is InChI=1S/C19H35N7O/c1-15-7-11-25(12-8-15)10-4-9-21-19(20-2)22-16-5-6-18-23-17(14-27-3)24-26(18)13-16/h15-16H,4-14H2,1-3H3,(H2,20,21,22). The van der Waals surface area contributed by atoms with Crippen molar-refractivity contribution in [1.29, 1.82) is 0 Å². The molecule has 0 radical (unpaired) electrons.